The molecule has 8 atom stereocenters. The molecule has 8 unspecified atom stereocenters. The summed E-state index contributed by atoms with van der Waals surface area (Å²) in [6.07, 6.45) is 4.76. The number of likely N-dealkylation sites (N-methyl/N-ethyl adjacent to an activating group) is 1. The quantitative estimate of drug-likeness (QED) is 0.0922. The first kappa shape index (κ1) is 51.4. The Morgan fingerprint density at radius 2 is 1.44 bits per heavy atom. The van der Waals surface area contributed by atoms with Gasteiger partial charge in [0.15, 0.2) is 0 Å². The average molecular weight is 978 g/mol. The third-order valence-electron chi connectivity index (χ3n) is 14.1. The number of carboxylic acids is 1. The Balaban J connectivity index is 1.30. The number of aromatic hydroxyl groups is 2. The number of hydrogen-bond donors (Lipinski definition) is 9. The van der Waals surface area contributed by atoms with Gasteiger partial charge in [-0.25, -0.2) is 4.79 Å². The molecule has 3 aliphatic rings. The van der Waals surface area contributed by atoms with E-state index in [0.29, 0.717) is 34.4 Å². The first-order chi connectivity index (χ1) is 33.9. The zero-order valence-corrected chi connectivity index (χ0v) is 40.1. The SMILES string of the molecule is CC1OC(=O)C2(CC2C)NC(=O)C(c2ccc(O)cc2)NC(=O)C(Cc2c[nH]c3ccc(O)cc23)NC(=O)C(CCC(=O)O)NC(=O)C(Cc2ccccc2)N(C)C(=O)C1NC(=O)CCC1CCCCC1. The lowest BCUT2D eigenvalue weighted by atomic mass is 9.86. The van der Waals surface area contributed by atoms with E-state index in [1.807, 2.05) is 0 Å². The van der Waals surface area contributed by atoms with Gasteiger partial charge < -0.3 is 56.5 Å². The standard InChI is InChI=1S/C52H63N7O12/c1-29-27-52(29)51(70)71-30(2)44(56-42(62)22-14-31-10-6-4-7-11-31)50(69)59(3)41(24-32-12-8-5-9-13-32)48(67)54-39(21-23-43(63)64)46(65)55-40(25-34-28-53-38-20-19-36(61)26-37(34)38)47(66)57-45(49(68)58-52)33-15-17-35(60)18-16-33/h5,8-9,12-13,15-20,26,28-31,39-41,44-45,53,60-61H,4,6-7,10-11,14,21-25,27H2,1-3H3,(H,54,67)(H,55,65)(H,56,62)(H,57,66)(H,58,68)(H,63,64). The summed E-state index contributed by atoms with van der Waals surface area (Å²) in [7, 11) is 1.34. The van der Waals surface area contributed by atoms with Crippen molar-refractivity contribution >= 4 is 58.3 Å². The Labute approximate surface area is 410 Å². The second-order valence-corrected chi connectivity index (χ2v) is 19.3. The number of nitrogens with zero attached hydrogens (tertiary/aromatic N) is 1. The van der Waals surface area contributed by atoms with Crippen LogP contribution in [0, 0.1) is 11.8 Å². The maximum atomic E-state index is 14.9. The van der Waals surface area contributed by atoms with Gasteiger partial charge in [-0.1, -0.05) is 81.5 Å². The van der Waals surface area contributed by atoms with Crippen molar-refractivity contribution in [1.82, 2.24) is 36.5 Å². The van der Waals surface area contributed by atoms with E-state index in [4.69, 9.17) is 4.74 Å². The van der Waals surface area contributed by atoms with E-state index in [-0.39, 0.29) is 42.7 Å². The molecule has 0 radical (unpaired) electrons. The van der Waals surface area contributed by atoms with Crippen LogP contribution in [0.2, 0.25) is 0 Å². The molecule has 1 saturated heterocycles. The second-order valence-electron chi connectivity index (χ2n) is 19.3. The zero-order valence-electron chi connectivity index (χ0n) is 40.1. The third kappa shape index (κ3) is 12.7. The van der Waals surface area contributed by atoms with E-state index in [1.165, 1.54) is 50.4 Å². The Morgan fingerprint density at radius 3 is 2.11 bits per heavy atom. The van der Waals surface area contributed by atoms with Crippen LogP contribution < -0.4 is 26.6 Å². The second kappa shape index (κ2) is 22.5. The van der Waals surface area contributed by atoms with Crippen molar-refractivity contribution < 1.29 is 58.4 Å². The summed E-state index contributed by atoms with van der Waals surface area (Å²) in [6.45, 7) is 3.13. The molecule has 19 heteroatoms. The van der Waals surface area contributed by atoms with Crippen LogP contribution in [0.4, 0.5) is 0 Å². The molecule has 3 fully saturated rings. The number of benzene rings is 3. The molecule has 6 amide bonds. The van der Waals surface area contributed by atoms with Crippen molar-refractivity contribution in [1.29, 1.82) is 0 Å². The van der Waals surface area contributed by atoms with E-state index in [9.17, 15) is 53.7 Å². The number of phenols is 2. The highest BCUT2D eigenvalue weighted by molar-refractivity contribution is 5.99. The first-order valence-electron chi connectivity index (χ1n) is 24.3. The van der Waals surface area contributed by atoms with Gasteiger partial charge in [0.05, 0.1) is 0 Å². The number of hydrogen-bond acceptors (Lipinski definition) is 11. The predicted octanol–water partition coefficient (Wildman–Crippen LogP) is 3.57. The van der Waals surface area contributed by atoms with Gasteiger partial charge in [-0.15, -0.1) is 0 Å². The normalized spacial score (nSPS) is 26.2. The molecule has 4 aromatic rings. The van der Waals surface area contributed by atoms with Crippen LogP contribution in [0.1, 0.15) is 101 Å². The zero-order chi connectivity index (χ0) is 51.0. The van der Waals surface area contributed by atoms with E-state index >= 15 is 0 Å². The van der Waals surface area contributed by atoms with E-state index in [2.05, 4.69) is 31.6 Å². The van der Waals surface area contributed by atoms with Gasteiger partial charge in [0.1, 0.15) is 53.4 Å². The molecule has 9 N–H and O–H groups in total. The van der Waals surface area contributed by atoms with Gasteiger partial charge in [-0.3, -0.25) is 33.6 Å². The van der Waals surface area contributed by atoms with Crippen molar-refractivity contribution in [3.8, 4) is 11.5 Å². The Hall–Kier alpha value is -7.44. The van der Waals surface area contributed by atoms with E-state index in [0.717, 1.165) is 37.0 Å². The van der Waals surface area contributed by atoms with Gasteiger partial charge in [0.2, 0.25) is 35.4 Å². The summed E-state index contributed by atoms with van der Waals surface area (Å²) >= 11 is 0. The molecule has 2 heterocycles. The minimum atomic E-state index is -1.65. The van der Waals surface area contributed by atoms with E-state index in [1.54, 1.807) is 49.5 Å². The van der Waals surface area contributed by atoms with Crippen LogP contribution >= 0.6 is 0 Å². The first-order valence-corrected chi connectivity index (χ1v) is 24.3. The van der Waals surface area contributed by atoms with Crippen molar-refractivity contribution in [3.63, 3.8) is 0 Å². The molecule has 1 spiro atoms. The molecule has 1 aromatic heterocycles. The topological polar surface area (TPSA) is 286 Å². The summed E-state index contributed by atoms with van der Waals surface area (Å²) in [5.41, 5.74) is 0.170. The highest BCUT2D eigenvalue weighted by Crippen LogP contribution is 2.45. The molecule has 0 bridgehead atoms. The lowest BCUT2D eigenvalue weighted by Crippen LogP contribution is -2.61. The Morgan fingerprint density at radius 1 is 0.775 bits per heavy atom. The molecule has 3 aromatic carbocycles. The van der Waals surface area contributed by atoms with Gasteiger partial charge in [0.25, 0.3) is 0 Å². The number of aromatic amines is 1. The average Bonchev–Trinajstić information content (AvgIpc) is 3.85. The Kier molecular flexibility index (Phi) is 16.3. The monoisotopic (exact) mass is 977 g/mol. The fraction of sp³-hybridized carbons (Fsp3) is 0.462. The Bertz CT molecular complexity index is 2620. The van der Waals surface area contributed by atoms with Crippen LogP contribution in [0.3, 0.4) is 0 Å². The number of ether oxygens (including phenoxy) is 1. The minimum absolute atomic E-state index is 0.0816. The number of carboxylic acid groups (broad SMARTS) is 1. The molecule has 19 nitrogen and oxygen atoms in total. The maximum Gasteiger partial charge on any atom is 0.332 e. The summed E-state index contributed by atoms with van der Waals surface area (Å²) in [6, 6.07) is 11.0. The number of fused-ring (bicyclic) bond motifs is 1. The molecule has 71 heavy (non-hydrogen) atoms. The lowest BCUT2D eigenvalue weighted by molar-refractivity contribution is -0.159. The smallest absolute Gasteiger partial charge is 0.332 e. The minimum Gasteiger partial charge on any atom is -0.508 e. The number of nitrogens with one attached hydrogen (secondary N) is 6. The summed E-state index contributed by atoms with van der Waals surface area (Å²) in [4.78, 5) is 118. The maximum absolute atomic E-state index is 14.9. The van der Waals surface area contributed by atoms with Crippen molar-refractivity contribution in [2.24, 2.45) is 11.8 Å². The van der Waals surface area contributed by atoms with E-state index < -0.39 is 108 Å². The van der Waals surface area contributed by atoms with Crippen LogP contribution in [0.5, 0.6) is 11.5 Å². The number of carbonyl (C=O) groups excluding carboxylic acids is 7. The highest BCUT2D eigenvalue weighted by Gasteiger charge is 2.61. The van der Waals surface area contributed by atoms with Crippen molar-refractivity contribution in [2.75, 3.05) is 7.05 Å². The summed E-state index contributed by atoms with van der Waals surface area (Å²) in [5.74, 6) is -7.52. The molecular formula is C52H63N7O12. The van der Waals surface area contributed by atoms with Crippen LogP contribution in [-0.4, -0.2) is 115 Å². The summed E-state index contributed by atoms with van der Waals surface area (Å²) in [5, 5.41) is 44.5. The lowest BCUT2D eigenvalue weighted by Gasteiger charge is -2.34. The van der Waals surface area contributed by atoms with Crippen LogP contribution in [-0.2, 0) is 55.9 Å². The fourth-order valence-electron chi connectivity index (χ4n) is 9.67. The van der Waals surface area contributed by atoms with Gasteiger partial charge >= 0.3 is 11.9 Å². The number of amides is 6. The fourth-order valence-corrected chi connectivity index (χ4v) is 9.67. The summed E-state index contributed by atoms with van der Waals surface area (Å²) < 4.78 is 6.03. The number of aromatic nitrogens is 1. The number of H-pyrrole nitrogens is 1. The highest BCUT2D eigenvalue weighted by atomic mass is 16.5. The molecular weight excluding hydrogens is 915 g/mol. The number of rotatable bonds is 12. The largest absolute Gasteiger partial charge is 0.508 e. The van der Waals surface area contributed by atoms with Gasteiger partial charge in [-0.05, 0) is 85.0 Å². The van der Waals surface area contributed by atoms with Gasteiger partial charge in [0, 0.05) is 49.8 Å². The number of esters is 1. The van der Waals surface area contributed by atoms with Crippen LogP contribution in [0.25, 0.3) is 10.9 Å². The predicted molar refractivity (Wildman–Crippen MR) is 258 cm³/mol. The molecule has 7 rings (SSSR count). The van der Waals surface area contributed by atoms with Crippen molar-refractivity contribution in [3.05, 3.63) is 95.7 Å². The van der Waals surface area contributed by atoms with Crippen molar-refractivity contribution in [2.45, 2.75) is 133 Å². The van der Waals surface area contributed by atoms with Gasteiger partial charge in [-0.2, -0.15) is 0 Å². The number of aliphatic carboxylic acids is 1. The molecule has 2 saturated carbocycles. The molecule has 1 aliphatic heterocycles. The third-order valence-corrected chi connectivity index (χ3v) is 14.1. The molecule has 378 valence electrons. The number of phenolic OH excluding ortho intramolecular Hbond substituents is 2. The van der Waals surface area contributed by atoms with Crippen LogP contribution in [0.15, 0.2) is 79.0 Å². The molecule has 2 aliphatic carbocycles. The number of cyclic esters (lactones) is 1. The number of carbonyl (C=O) groups is 8.